The first-order valence-corrected chi connectivity index (χ1v) is 10.7. The van der Waals surface area contributed by atoms with Crippen LogP contribution in [0.15, 0.2) is 66.7 Å². The molecule has 2 unspecified atom stereocenters. The van der Waals surface area contributed by atoms with Gasteiger partial charge in [-0.3, -0.25) is 4.79 Å². The van der Waals surface area contributed by atoms with Crippen molar-refractivity contribution in [3.63, 3.8) is 0 Å². The zero-order valence-corrected chi connectivity index (χ0v) is 17.8. The number of fused-ring (bicyclic) bond motifs is 3. The molecule has 0 saturated carbocycles. The predicted molar refractivity (Wildman–Crippen MR) is 122 cm³/mol. The summed E-state index contributed by atoms with van der Waals surface area (Å²) in [6, 6.07) is 20.2. The first-order chi connectivity index (χ1) is 16.0. The molecule has 0 spiro atoms. The highest BCUT2D eigenvalue weighted by atomic mass is 16.5. The molecule has 3 aromatic carbocycles. The number of benzene rings is 3. The van der Waals surface area contributed by atoms with Gasteiger partial charge in [0.2, 0.25) is 0 Å². The average molecular weight is 447 g/mol. The third-order valence-electron chi connectivity index (χ3n) is 5.94. The summed E-state index contributed by atoms with van der Waals surface area (Å²) in [7, 11) is 0. The van der Waals surface area contributed by atoms with Gasteiger partial charge >= 0.3 is 6.09 Å². The van der Waals surface area contributed by atoms with Crippen LogP contribution >= 0.6 is 0 Å². The monoisotopic (exact) mass is 447 g/mol. The van der Waals surface area contributed by atoms with Crippen LogP contribution in [0.1, 0.15) is 45.5 Å². The summed E-state index contributed by atoms with van der Waals surface area (Å²) in [5, 5.41) is 32.8. The quantitative estimate of drug-likeness (QED) is 0.393. The van der Waals surface area contributed by atoms with Gasteiger partial charge in [-0.25, -0.2) is 4.79 Å². The fraction of sp³-hybridized carbons (Fsp3) is 0.231. The van der Waals surface area contributed by atoms with Crippen molar-refractivity contribution >= 4 is 12.4 Å². The summed E-state index contributed by atoms with van der Waals surface area (Å²) < 4.78 is 5.45. The molecule has 0 saturated heterocycles. The van der Waals surface area contributed by atoms with Gasteiger partial charge < -0.3 is 25.4 Å². The molecule has 7 heteroatoms. The first kappa shape index (κ1) is 22.5. The molecule has 4 rings (SSSR count). The van der Waals surface area contributed by atoms with Crippen molar-refractivity contribution in [3.8, 4) is 16.9 Å². The topological polar surface area (TPSA) is 116 Å². The normalized spacial score (nSPS) is 14.1. The van der Waals surface area contributed by atoms with E-state index in [9.17, 15) is 24.9 Å². The number of aromatic hydroxyl groups is 1. The van der Waals surface area contributed by atoms with Crippen molar-refractivity contribution in [2.24, 2.45) is 0 Å². The van der Waals surface area contributed by atoms with Gasteiger partial charge in [0.15, 0.2) is 6.29 Å². The summed E-state index contributed by atoms with van der Waals surface area (Å²) in [4.78, 5) is 23.0. The molecule has 1 aliphatic carbocycles. The number of carbonyl (C=O) groups is 2. The van der Waals surface area contributed by atoms with Gasteiger partial charge in [-0.2, -0.15) is 0 Å². The van der Waals surface area contributed by atoms with Gasteiger partial charge in [-0.15, -0.1) is 0 Å². The number of aliphatic hydroxyl groups is 2. The van der Waals surface area contributed by atoms with Crippen LogP contribution in [0.4, 0.5) is 4.79 Å². The van der Waals surface area contributed by atoms with Crippen molar-refractivity contribution in [1.29, 1.82) is 0 Å². The lowest BCUT2D eigenvalue weighted by molar-refractivity contribution is 0.0136. The molecule has 0 bridgehead atoms. The minimum atomic E-state index is -1.28. The summed E-state index contributed by atoms with van der Waals surface area (Å²) >= 11 is 0. The molecule has 3 aromatic rings. The highest BCUT2D eigenvalue weighted by molar-refractivity contribution is 5.79. The minimum Gasteiger partial charge on any atom is -0.507 e. The highest BCUT2D eigenvalue weighted by Gasteiger charge is 2.29. The Kier molecular flexibility index (Phi) is 6.72. The van der Waals surface area contributed by atoms with Gasteiger partial charge in [-0.1, -0.05) is 54.6 Å². The van der Waals surface area contributed by atoms with Crippen LogP contribution in [-0.4, -0.2) is 47.0 Å². The van der Waals surface area contributed by atoms with Gasteiger partial charge in [0, 0.05) is 12.5 Å². The van der Waals surface area contributed by atoms with Gasteiger partial charge in [0.25, 0.3) is 0 Å². The zero-order valence-electron chi connectivity index (χ0n) is 17.8. The molecule has 0 radical (unpaired) electrons. The second kappa shape index (κ2) is 9.85. The van der Waals surface area contributed by atoms with Crippen LogP contribution in [0, 0.1) is 0 Å². The molecule has 0 aliphatic heterocycles. The number of aliphatic hydroxyl groups excluding tert-OH is 2. The summed E-state index contributed by atoms with van der Waals surface area (Å²) in [6.45, 7) is 0.278. The number of hydrogen-bond donors (Lipinski definition) is 4. The van der Waals surface area contributed by atoms with Crippen molar-refractivity contribution in [2.75, 3.05) is 13.2 Å². The lowest BCUT2D eigenvalue weighted by Gasteiger charge is -2.19. The van der Waals surface area contributed by atoms with E-state index < -0.39 is 18.3 Å². The largest absolute Gasteiger partial charge is 0.507 e. The van der Waals surface area contributed by atoms with Crippen LogP contribution in [-0.2, 0) is 4.74 Å². The predicted octanol–water partition coefficient (Wildman–Crippen LogP) is 3.53. The van der Waals surface area contributed by atoms with Crippen molar-refractivity contribution in [1.82, 2.24) is 5.32 Å². The molecule has 1 aliphatic rings. The lowest BCUT2D eigenvalue weighted by Crippen LogP contribution is -2.30. The van der Waals surface area contributed by atoms with E-state index in [0.717, 1.165) is 22.3 Å². The second-order valence-electron chi connectivity index (χ2n) is 7.99. The molecular weight excluding hydrogens is 422 g/mol. The number of amides is 1. The van der Waals surface area contributed by atoms with E-state index in [1.807, 2.05) is 36.4 Å². The SMILES string of the molecule is O=Cc1ccc(C(O)C(O)CCNC(=O)OCC2c3ccccc3-c3ccccc32)cc1O. The molecule has 170 valence electrons. The highest BCUT2D eigenvalue weighted by Crippen LogP contribution is 2.44. The van der Waals surface area contributed by atoms with E-state index in [1.165, 1.54) is 18.2 Å². The number of rotatable bonds is 8. The number of carbonyl (C=O) groups excluding carboxylic acids is 2. The van der Waals surface area contributed by atoms with Crippen molar-refractivity contribution in [3.05, 3.63) is 89.0 Å². The standard InChI is InChI=1S/C26H25NO6/c28-14-17-10-9-16(13-24(17)30)25(31)23(29)11-12-27-26(32)33-15-22-20-7-3-1-5-18(20)19-6-2-4-8-21(19)22/h1-10,13-14,22-23,25,29-31H,11-12,15H2,(H,27,32). The van der Waals surface area contributed by atoms with Gasteiger partial charge in [0.1, 0.15) is 18.5 Å². The van der Waals surface area contributed by atoms with E-state index in [4.69, 9.17) is 4.74 Å². The van der Waals surface area contributed by atoms with Crippen LogP contribution in [0.5, 0.6) is 5.75 Å². The van der Waals surface area contributed by atoms with Crippen molar-refractivity contribution in [2.45, 2.75) is 24.5 Å². The Hall–Kier alpha value is -3.68. The maximum Gasteiger partial charge on any atom is 0.407 e. The molecule has 33 heavy (non-hydrogen) atoms. The fourth-order valence-electron chi connectivity index (χ4n) is 4.20. The maximum atomic E-state index is 12.2. The number of ether oxygens (including phenoxy) is 1. The summed E-state index contributed by atoms with van der Waals surface area (Å²) in [6.07, 6.45) is -2.49. The smallest absolute Gasteiger partial charge is 0.407 e. The van der Waals surface area contributed by atoms with Crippen LogP contribution in [0.25, 0.3) is 11.1 Å². The van der Waals surface area contributed by atoms with Crippen LogP contribution in [0.2, 0.25) is 0 Å². The van der Waals surface area contributed by atoms with Crippen LogP contribution in [0.3, 0.4) is 0 Å². The van der Waals surface area contributed by atoms with Gasteiger partial charge in [0.05, 0.1) is 11.7 Å². The third kappa shape index (κ3) is 4.74. The molecular formula is C26H25NO6. The fourth-order valence-corrected chi connectivity index (χ4v) is 4.20. The van der Waals surface area contributed by atoms with E-state index in [2.05, 4.69) is 17.4 Å². The number of phenols is 1. The molecule has 0 fully saturated rings. The lowest BCUT2D eigenvalue weighted by atomic mass is 9.98. The maximum absolute atomic E-state index is 12.2. The number of phenolic OH excluding ortho intramolecular Hbond substituents is 1. The minimum absolute atomic E-state index is 0.0439. The van der Waals surface area contributed by atoms with E-state index >= 15 is 0 Å². The molecule has 7 nitrogen and oxygen atoms in total. The van der Waals surface area contributed by atoms with Crippen molar-refractivity contribution < 1.29 is 29.6 Å². The molecule has 1 amide bonds. The number of alkyl carbamates (subject to hydrolysis) is 1. The second-order valence-corrected chi connectivity index (χ2v) is 7.99. The van der Waals surface area contributed by atoms with E-state index in [1.54, 1.807) is 0 Å². The van der Waals surface area contributed by atoms with Crippen LogP contribution < -0.4 is 5.32 Å². The Labute approximate surface area is 191 Å². The summed E-state index contributed by atoms with van der Waals surface area (Å²) in [5.74, 6) is -0.317. The molecule has 0 heterocycles. The van der Waals surface area contributed by atoms with Gasteiger partial charge in [-0.05, 0) is 46.4 Å². The Balaban J connectivity index is 1.28. The Bertz CT molecular complexity index is 1120. The first-order valence-electron chi connectivity index (χ1n) is 10.7. The average Bonchev–Trinajstić information content (AvgIpc) is 3.16. The Morgan fingerprint density at radius 1 is 1.00 bits per heavy atom. The van der Waals surface area contributed by atoms with E-state index in [0.29, 0.717) is 6.29 Å². The third-order valence-corrected chi connectivity index (χ3v) is 5.94. The zero-order chi connectivity index (χ0) is 23.4. The Morgan fingerprint density at radius 2 is 1.64 bits per heavy atom. The van der Waals surface area contributed by atoms with E-state index in [-0.39, 0.29) is 42.4 Å². The Morgan fingerprint density at radius 3 is 2.24 bits per heavy atom. The number of aldehydes is 1. The molecule has 4 N–H and O–H groups in total. The number of hydrogen-bond acceptors (Lipinski definition) is 6. The summed E-state index contributed by atoms with van der Waals surface area (Å²) in [5.41, 5.74) is 4.89. The molecule has 2 atom stereocenters. The molecule has 0 aromatic heterocycles. The number of nitrogens with one attached hydrogen (secondary N) is 1.